The van der Waals surface area contributed by atoms with E-state index >= 15 is 0 Å². The van der Waals surface area contributed by atoms with Crippen molar-refractivity contribution >= 4 is 23.4 Å². The van der Waals surface area contributed by atoms with Crippen LogP contribution in [0.25, 0.3) is 11.1 Å². The van der Waals surface area contributed by atoms with Crippen molar-refractivity contribution in [1.29, 1.82) is 0 Å². The van der Waals surface area contributed by atoms with E-state index in [1.807, 2.05) is 109 Å². The average molecular weight is 814 g/mol. The largest absolute Gasteiger partial charge is 0.467 e. The summed E-state index contributed by atoms with van der Waals surface area (Å²) < 4.78 is 18.6. The molecule has 0 aromatic heterocycles. The van der Waals surface area contributed by atoms with E-state index in [1.165, 1.54) is 7.11 Å². The third-order valence-corrected chi connectivity index (χ3v) is 11.3. The first-order chi connectivity index (χ1) is 29.2. The molecule has 0 radical (unpaired) electrons. The number of nitro groups is 1. The van der Waals surface area contributed by atoms with Gasteiger partial charge in [0.05, 0.1) is 30.8 Å². The number of benzene rings is 5. The number of piperazine rings is 1. The molecule has 0 aliphatic carbocycles. The molecule has 60 heavy (non-hydrogen) atoms. The molecule has 0 unspecified atom stereocenters. The van der Waals surface area contributed by atoms with Crippen molar-refractivity contribution in [3.8, 4) is 11.1 Å². The van der Waals surface area contributed by atoms with Crippen LogP contribution in [0.1, 0.15) is 47.1 Å². The van der Waals surface area contributed by atoms with Gasteiger partial charge in [-0.05, 0) is 57.6 Å². The zero-order valence-electron chi connectivity index (χ0n) is 33.8. The van der Waals surface area contributed by atoms with Crippen molar-refractivity contribution in [2.45, 2.75) is 51.0 Å². The number of methoxy groups -OCH3 is 1. The zero-order valence-corrected chi connectivity index (χ0v) is 33.8. The fourth-order valence-electron chi connectivity index (χ4n) is 7.86. The van der Waals surface area contributed by atoms with Crippen LogP contribution in [0.5, 0.6) is 0 Å². The molecule has 0 spiro atoms. The van der Waals surface area contributed by atoms with Gasteiger partial charge in [0.25, 0.3) is 5.69 Å². The smallest absolute Gasteiger partial charge is 0.328 e. The predicted molar refractivity (Wildman–Crippen MR) is 228 cm³/mol. The van der Waals surface area contributed by atoms with Crippen molar-refractivity contribution in [1.82, 2.24) is 15.5 Å². The SMILES string of the molecule is COC(=O)[C@H](Cc1ccccc1)NC(=O)NCc1cccc(-c2cccc([C@H]3O[C@@H](CN4CCN(c5ccc([N+](=O)[O-])cc5)CC4)[C@@H](C)[C@@H](c4ccc(CO)cc4)O3)c2)c1. The number of urea groups is 1. The highest BCUT2D eigenvalue weighted by molar-refractivity contribution is 5.83. The number of hydrogen-bond acceptors (Lipinski definition) is 10. The summed E-state index contributed by atoms with van der Waals surface area (Å²) in [5.74, 6) is -0.507. The molecule has 2 saturated heterocycles. The lowest BCUT2D eigenvalue weighted by atomic mass is 9.89. The fraction of sp³-hybridized carbons (Fsp3) is 0.319. The number of esters is 1. The lowest BCUT2D eigenvalue weighted by Crippen LogP contribution is -2.51. The third-order valence-electron chi connectivity index (χ3n) is 11.3. The number of nitro benzene ring substituents is 1. The summed E-state index contributed by atoms with van der Waals surface area (Å²) in [5.41, 5.74) is 7.47. The Morgan fingerprint density at radius 2 is 1.50 bits per heavy atom. The maximum absolute atomic E-state index is 13.0. The number of carbonyl (C=O) groups excluding carboxylic acids is 2. The lowest BCUT2D eigenvalue weighted by Gasteiger charge is -2.44. The molecule has 5 atom stereocenters. The molecule has 2 heterocycles. The highest BCUT2D eigenvalue weighted by Gasteiger charge is 2.39. The molecule has 13 nitrogen and oxygen atoms in total. The summed E-state index contributed by atoms with van der Waals surface area (Å²) in [6.45, 7) is 6.26. The first-order valence-electron chi connectivity index (χ1n) is 20.2. The summed E-state index contributed by atoms with van der Waals surface area (Å²) in [6, 6.07) is 38.8. The molecule has 5 aromatic rings. The molecular weight excluding hydrogens is 763 g/mol. The number of carbonyl (C=O) groups is 2. The number of non-ortho nitro benzene ring substituents is 1. The van der Waals surface area contributed by atoms with Crippen molar-refractivity contribution in [3.05, 3.63) is 165 Å². The van der Waals surface area contributed by atoms with E-state index in [1.54, 1.807) is 12.1 Å². The highest BCUT2D eigenvalue weighted by atomic mass is 16.7. The van der Waals surface area contributed by atoms with Crippen LogP contribution in [0, 0.1) is 16.0 Å². The summed E-state index contributed by atoms with van der Waals surface area (Å²) in [5, 5.41) is 26.5. The number of hydrogen-bond donors (Lipinski definition) is 3. The molecule has 13 heteroatoms. The van der Waals surface area contributed by atoms with Crippen LogP contribution < -0.4 is 15.5 Å². The normalized spacial score (nSPS) is 19.9. The van der Waals surface area contributed by atoms with E-state index in [9.17, 15) is 24.8 Å². The first-order valence-corrected chi connectivity index (χ1v) is 20.2. The van der Waals surface area contributed by atoms with Gasteiger partial charge in [0.2, 0.25) is 0 Å². The van der Waals surface area contributed by atoms with Crippen LogP contribution in [0.15, 0.2) is 127 Å². The van der Waals surface area contributed by atoms with E-state index in [2.05, 4.69) is 33.4 Å². The average Bonchev–Trinajstić information content (AvgIpc) is 3.29. The van der Waals surface area contributed by atoms with Gasteiger partial charge in [-0.2, -0.15) is 0 Å². The minimum atomic E-state index is -0.836. The van der Waals surface area contributed by atoms with Crippen molar-refractivity contribution in [2.75, 3.05) is 44.7 Å². The quantitative estimate of drug-likeness (QED) is 0.0610. The minimum Gasteiger partial charge on any atom is -0.467 e. The second kappa shape index (κ2) is 19.8. The monoisotopic (exact) mass is 813 g/mol. The van der Waals surface area contributed by atoms with Gasteiger partial charge < -0.3 is 34.9 Å². The van der Waals surface area contributed by atoms with Gasteiger partial charge in [0, 0.05) is 75.0 Å². The zero-order chi connectivity index (χ0) is 42.0. The molecule has 0 bridgehead atoms. The molecule has 2 fully saturated rings. The summed E-state index contributed by atoms with van der Waals surface area (Å²) in [7, 11) is 1.30. The number of rotatable bonds is 14. The van der Waals surface area contributed by atoms with Gasteiger partial charge in [-0.1, -0.05) is 97.9 Å². The Balaban J connectivity index is 1.03. The van der Waals surface area contributed by atoms with Crippen LogP contribution in [0.2, 0.25) is 0 Å². The van der Waals surface area contributed by atoms with Gasteiger partial charge >= 0.3 is 12.0 Å². The van der Waals surface area contributed by atoms with Gasteiger partial charge in [-0.25, -0.2) is 9.59 Å². The first kappa shape index (κ1) is 42.0. The van der Waals surface area contributed by atoms with E-state index in [-0.39, 0.29) is 41.9 Å². The van der Waals surface area contributed by atoms with Crippen LogP contribution in [-0.4, -0.2) is 78.9 Å². The Labute approximate surface area is 350 Å². The van der Waals surface area contributed by atoms with Crippen molar-refractivity contribution in [2.24, 2.45) is 5.92 Å². The number of nitrogens with zero attached hydrogens (tertiary/aromatic N) is 3. The Bertz CT molecular complexity index is 2210. The number of aliphatic hydroxyl groups excluding tert-OH is 1. The molecule has 2 aliphatic heterocycles. The number of nitrogens with one attached hydrogen (secondary N) is 2. The van der Waals surface area contributed by atoms with Crippen LogP contribution >= 0.6 is 0 Å². The molecule has 5 aromatic carbocycles. The van der Waals surface area contributed by atoms with E-state index < -0.39 is 24.3 Å². The van der Waals surface area contributed by atoms with Crippen molar-refractivity contribution in [3.63, 3.8) is 0 Å². The van der Waals surface area contributed by atoms with Crippen LogP contribution in [0.3, 0.4) is 0 Å². The number of aliphatic hydroxyl groups is 1. The third kappa shape index (κ3) is 10.5. The Kier molecular flexibility index (Phi) is 13.8. The molecule has 3 N–H and O–H groups in total. The van der Waals surface area contributed by atoms with Gasteiger partial charge in [0.15, 0.2) is 6.29 Å². The summed E-state index contributed by atoms with van der Waals surface area (Å²) in [4.78, 5) is 40.9. The predicted octanol–water partition coefficient (Wildman–Crippen LogP) is 6.95. The van der Waals surface area contributed by atoms with Gasteiger partial charge in [0.1, 0.15) is 6.04 Å². The number of ether oxygens (including phenoxy) is 3. The summed E-state index contributed by atoms with van der Waals surface area (Å²) in [6.07, 6.45) is -0.769. The van der Waals surface area contributed by atoms with Crippen molar-refractivity contribution < 1.29 is 33.8 Å². The Morgan fingerprint density at radius 1 is 0.817 bits per heavy atom. The molecule has 0 saturated carbocycles. The van der Waals surface area contributed by atoms with Gasteiger partial charge in [-0.3, -0.25) is 15.0 Å². The standard InChI is InChI=1S/C47H51N5O8/c1-32-43(30-50-22-24-51(25-23-50)40-18-20-41(21-19-40)52(56)57)59-46(60-44(32)36-16-14-34(31-53)15-17-36)39-13-7-12-38(28-39)37-11-6-10-35(26-37)29-48-47(55)49-42(45(54)58-2)27-33-8-4-3-5-9-33/h3-21,26,28,32,42-44,46,53H,22-25,27,29-31H2,1-2H3,(H2,48,49,55)/t32-,42+,43+,44+,46+/m1/s1. The minimum absolute atomic E-state index is 0.0136. The topological polar surface area (TPSA) is 156 Å². The Morgan fingerprint density at radius 3 is 2.18 bits per heavy atom. The van der Waals surface area contributed by atoms with E-state index in [4.69, 9.17) is 14.2 Å². The van der Waals surface area contributed by atoms with E-state index in [0.717, 1.165) is 70.8 Å². The second-order valence-electron chi connectivity index (χ2n) is 15.3. The lowest BCUT2D eigenvalue weighted by molar-refractivity contribution is -0.384. The van der Waals surface area contributed by atoms with E-state index in [0.29, 0.717) is 13.0 Å². The van der Waals surface area contributed by atoms with Crippen LogP contribution in [-0.2, 0) is 38.6 Å². The van der Waals surface area contributed by atoms with Gasteiger partial charge in [-0.15, -0.1) is 0 Å². The Hall–Kier alpha value is -6.12. The number of amides is 2. The molecule has 7 rings (SSSR count). The maximum Gasteiger partial charge on any atom is 0.328 e. The maximum atomic E-state index is 13.0. The molecular formula is C47H51N5O8. The number of anilines is 1. The highest BCUT2D eigenvalue weighted by Crippen LogP contribution is 2.42. The summed E-state index contributed by atoms with van der Waals surface area (Å²) >= 11 is 0. The molecule has 312 valence electrons. The molecule has 2 amide bonds. The fourth-order valence-corrected chi connectivity index (χ4v) is 7.86. The second-order valence-corrected chi connectivity index (χ2v) is 15.3. The van der Waals surface area contributed by atoms with Crippen LogP contribution in [0.4, 0.5) is 16.2 Å². The molecule has 2 aliphatic rings.